The van der Waals surface area contributed by atoms with E-state index in [9.17, 15) is 4.39 Å². The smallest absolute Gasteiger partial charge is 0.146 e. The second-order valence-electron chi connectivity index (χ2n) is 5.26. The van der Waals surface area contributed by atoms with Crippen LogP contribution in [-0.4, -0.2) is 44.4 Å². The average Bonchev–Trinajstić information content (AvgIpc) is 2.51. The maximum Gasteiger partial charge on any atom is 0.146 e. The Balaban J connectivity index is 2.09. The van der Waals surface area contributed by atoms with Gasteiger partial charge in [0.05, 0.1) is 12.3 Å². The minimum absolute atomic E-state index is 0.109. The summed E-state index contributed by atoms with van der Waals surface area (Å²) in [5.74, 6) is 0.964. The highest BCUT2D eigenvalue weighted by Crippen LogP contribution is 2.30. The standard InChI is InChI=1S/C16H25FN2OS/c1-3-14-12-19(8-10-21-14)16-13(5-4-6-15(16)17)11-18-7-9-20-2/h4-6,14,18H,3,7-12H2,1-2H3. The normalized spacial score (nSPS) is 19.0. The van der Waals surface area contributed by atoms with Crippen molar-refractivity contribution in [1.29, 1.82) is 0 Å². The molecule has 1 saturated heterocycles. The summed E-state index contributed by atoms with van der Waals surface area (Å²) in [6, 6.07) is 5.37. The molecule has 1 aromatic rings. The van der Waals surface area contributed by atoms with Gasteiger partial charge in [0.25, 0.3) is 0 Å². The number of rotatable bonds is 7. The summed E-state index contributed by atoms with van der Waals surface area (Å²) >= 11 is 2.00. The molecule has 3 nitrogen and oxygen atoms in total. The monoisotopic (exact) mass is 312 g/mol. The van der Waals surface area contributed by atoms with Crippen LogP contribution in [0, 0.1) is 5.82 Å². The fraction of sp³-hybridized carbons (Fsp3) is 0.625. The lowest BCUT2D eigenvalue weighted by Gasteiger charge is -2.35. The molecular formula is C16H25FN2OS. The van der Waals surface area contributed by atoms with Crippen molar-refractivity contribution >= 4 is 17.4 Å². The van der Waals surface area contributed by atoms with Crippen LogP contribution < -0.4 is 10.2 Å². The van der Waals surface area contributed by atoms with Crippen molar-refractivity contribution in [2.24, 2.45) is 0 Å². The molecule has 1 unspecified atom stereocenters. The van der Waals surface area contributed by atoms with Crippen molar-refractivity contribution in [1.82, 2.24) is 5.32 Å². The Kier molecular flexibility index (Phi) is 6.80. The van der Waals surface area contributed by atoms with E-state index in [0.717, 1.165) is 43.1 Å². The van der Waals surface area contributed by atoms with Crippen LogP contribution in [0.2, 0.25) is 0 Å². The first kappa shape index (κ1) is 16.6. The number of ether oxygens (including phenoxy) is 1. The second-order valence-corrected chi connectivity index (χ2v) is 6.67. The Bertz CT molecular complexity index is 444. The molecule has 0 radical (unpaired) electrons. The third-order valence-electron chi connectivity index (χ3n) is 3.78. The maximum absolute atomic E-state index is 14.3. The van der Waals surface area contributed by atoms with Crippen LogP contribution in [0.1, 0.15) is 18.9 Å². The molecule has 0 aromatic heterocycles. The summed E-state index contributed by atoms with van der Waals surface area (Å²) in [5.41, 5.74) is 1.81. The molecule has 0 aliphatic carbocycles. The molecule has 0 bridgehead atoms. The van der Waals surface area contributed by atoms with Crippen molar-refractivity contribution in [3.05, 3.63) is 29.6 Å². The number of hydrogen-bond donors (Lipinski definition) is 1. The van der Waals surface area contributed by atoms with Gasteiger partial charge in [0.2, 0.25) is 0 Å². The van der Waals surface area contributed by atoms with Gasteiger partial charge in [0.1, 0.15) is 5.82 Å². The lowest BCUT2D eigenvalue weighted by molar-refractivity contribution is 0.199. The van der Waals surface area contributed by atoms with Crippen LogP contribution in [0.5, 0.6) is 0 Å². The van der Waals surface area contributed by atoms with Gasteiger partial charge in [0.15, 0.2) is 0 Å². The quantitative estimate of drug-likeness (QED) is 0.783. The van der Waals surface area contributed by atoms with Gasteiger partial charge >= 0.3 is 0 Å². The third-order valence-corrected chi connectivity index (χ3v) is 5.15. The van der Waals surface area contributed by atoms with E-state index in [1.54, 1.807) is 19.2 Å². The first-order valence-electron chi connectivity index (χ1n) is 7.59. The molecule has 1 aromatic carbocycles. The predicted octanol–water partition coefficient (Wildman–Crippen LogP) is 2.89. The van der Waals surface area contributed by atoms with Crippen molar-refractivity contribution in [3.63, 3.8) is 0 Å². The van der Waals surface area contributed by atoms with Crippen molar-refractivity contribution in [2.75, 3.05) is 44.0 Å². The molecule has 1 aliphatic rings. The fourth-order valence-corrected chi connectivity index (χ4v) is 3.80. The van der Waals surface area contributed by atoms with Crippen LogP contribution in [-0.2, 0) is 11.3 Å². The van der Waals surface area contributed by atoms with Crippen LogP contribution in [0.15, 0.2) is 18.2 Å². The highest BCUT2D eigenvalue weighted by Gasteiger charge is 2.23. The Morgan fingerprint density at radius 1 is 1.48 bits per heavy atom. The van der Waals surface area contributed by atoms with Gasteiger partial charge in [-0.3, -0.25) is 0 Å². The highest BCUT2D eigenvalue weighted by molar-refractivity contribution is 8.00. The summed E-state index contributed by atoms with van der Waals surface area (Å²) in [5, 5.41) is 3.92. The number of nitrogens with zero attached hydrogens (tertiary/aromatic N) is 1. The summed E-state index contributed by atoms with van der Waals surface area (Å²) in [7, 11) is 1.69. The molecule has 5 heteroatoms. The topological polar surface area (TPSA) is 24.5 Å². The molecule has 1 fully saturated rings. The number of anilines is 1. The van der Waals surface area contributed by atoms with Crippen LogP contribution >= 0.6 is 11.8 Å². The molecule has 0 amide bonds. The molecule has 21 heavy (non-hydrogen) atoms. The van der Waals surface area contributed by atoms with Crippen LogP contribution in [0.4, 0.5) is 10.1 Å². The minimum Gasteiger partial charge on any atom is -0.383 e. The van der Waals surface area contributed by atoms with E-state index in [1.807, 2.05) is 17.8 Å². The zero-order valence-corrected chi connectivity index (χ0v) is 13.7. The molecule has 118 valence electrons. The summed E-state index contributed by atoms with van der Waals surface area (Å²) in [6.45, 7) is 6.19. The maximum atomic E-state index is 14.3. The lowest BCUT2D eigenvalue weighted by atomic mass is 10.1. The molecule has 1 aliphatic heterocycles. The van der Waals surface area contributed by atoms with Gasteiger partial charge in [0, 0.05) is 44.3 Å². The van der Waals surface area contributed by atoms with Gasteiger partial charge in [-0.25, -0.2) is 4.39 Å². The van der Waals surface area contributed by atoms with Gasteiger partial charge < -0.3 is 15.0 Å². The molecule has 1 atom stereocenters. The van der Waals surface area contributed by atoms with E-state index in [-0.39, 0.29) is 5.82 Å². The Labute approximate surface area is 131 Å². The van der Waals surface area contributed by atoms with Gasteiger partial charge in [-0.15, -0.1) is 0 Å². The molecule has 1 heterocycles. The van der Waals surface area contributed by atoms with E-state index < -0.39 is 0 Å². The molecular weight excluding hydrogens is 287 g/mol. The SMILES string of the molecule is CCC1CN(c2c(F)cccc2CNCCOC)CCS1. The van der Waals surface area contributed by atoms with E-state index in [2.05, 4.69) is 17.1 Å². The van der Waals surface area contributed by atoms with Crippen LogP contribution in [0.25, 0.3) is 0 Å². The molecule has 2 rings (SSSR count). The van der Waals surface area contributed by atoms with E-state index >= 15 is 0 Å². The van der Waals surface area contributed by atoms with Gasteiger partial charge in [-0.05, 0) is 18.1 Å². The second kappa shape index (κ2) is 8.61. The van der Waals surface area contributed by atoms with Crippen molar-refractivity contribution < 1.29 is 9.13 Å². The number of para-hydroxylation sites is 1. The van der Waals surface area contributed by atoms with E-state index in [1.165, 1.54) is 0 Å². The molecule has 1 N–H and O–H groups in total. The number of nitrogens with one attached hydrogen (secondary N) is 1. The number of thioether (sulfide) groups is 1. The molecule has 0 saturated carbocycles. The lowest BCUT2D eigenvalue weighted by Crippen LogP contribution is -2.39. The summed E-state index contributed by atoms with van der Waals surface area (Å²) in [6.07, 6.45) is 1.14. The predicted molar refractivity (Wildman–Crippen MR) is 88.7 cm³/mol. The number of benzene rings is 1. The highest BCUT2D eigenvalue weighted by atomic mass is 32.2. The van der Waals surface area contributed by atoms with Gasteiger partial charge in [-0.1, -0.05) is 19.1 Å². The number of methoxy groups -OCH3 is 1. The summed E-state index contributed by atoms with van der Waals surface area (Å²) in [4.78, 5) is 2.22. The third kappa shape index (κ3) is 4.59. The Hall–Kier alpha value is -0.780. The number of hydrogen-bond acceptors (Lipinski definition) is 4. The first-order valence-corrected chi connectivity index (χ1v) is 8.64. The Morgan fingerprint density at radius 2 is 2.33 bits per heavy atom. The zero-order valence-electron chi connectivity index (χ0n) is 12.9. The van der Waals surface area contributed by atoms with E-state index in [4.69, 9.17) is 4.74 Å². The van der Waals surface area contributed by atoms with Gasteiger partial charge in [-0.2, -0.15) is 11.8 Å². The molecule has 0 spiro atoms. The Morgan fingerprint density at radius 3 is 3.10 bits per heavy atom. The van der Waals surface area contributed by atoms with E-state index in [0.29, 0.717) is 18.4 Å². The fourth-order valence-electron chi connectivity index (χ4n) is 2.62. The largest absolute Gasteiger partial charge is 0.383 e. The number of halogens is 1. The van der Waals surface area contributed by atoms with Crippen LogP contribution in [0.3, 0.4) is 0 Å². The van der Waals surface area contributed by atoms with Crippen molar-refractivity contribution in [3.8, 4) is 0 Å². The minimum atomic E-state index is -0.109. The average molecular weight is 312 g/mol. The first-order chi connectivity index (χ1) is 10.3. The zero-order chi connectivity index (χ0) is 15.1. The summed E-state index contributed by atoms with van der Waals surface area (Å²) < 4.78 is 19.4. The van der Waals surface area contributed by atoms with Crippen molar-refractivity contribution in [2.45, 2.75) is 25.1 Å².